The molecule has 2 bridgehead atoms. The van der Waals surface area contributed by atoms with Gasteiger partial charge in [0.15, 0.2) is 0 Å². The van der Waals surface area contributed by atoms with Crippen LogP contribution in [0.1, 0.15) is 57.6 Å². The maximum Gasteiger partial charge on any atom is 0.312 e. The van der Waals surface area contributed by atoms with E-state index in [1.807, 2.05) is 30.3 Å². The van der Waals surface area contributed by atoms with E-state index < -0.39 is 41.6 Å². The highest BCUT2D eigenvalue weighted by Gasteiger charge is 2.75. The number of nitrogens with zero attached hydrogens (tertiary/aromatic N) is 2. The Morgan fingerprint density at radius 3 is 2.69 bits per heavy atom. The van der Waals surface area contributed by atoms with Crippen LogP contribution in [0.5, 0.6) is 0 Å². The second-order valence-corrected chi connectivity index (χ2v) is 9.94. The lowest BCUT2D eigenvalue weighted by molar-refractivity contribution is -0.156. The molecule has 0 radical (unpaired) electrons. The van der Waals surface area contributed by atoms with Gasteiger partial charge in [0.25, 0.3) is 0 Å². The number of rotatable bonds is 12. The lowest BCUT2D eigenvalue weighted by atomic mass is 9.70. The Morgan fingerprint density at radius 1 is 1.31 bits per heavy atom. The minimum absolute atomic E-state index is 0.204. The molecule has 3 heterocycles. The van der Waals surface area contributed by atoms with E-state index in [4.69, 9.17) is 9.47 Å². The van der Waals surface area contributed by atoms with Crippen molar-refractivity contribution >= 4 is 17.8 Å². The van der Waals surface area contributed by atoms with Crippen molar-refractivity contribution in [1.82, 2.24) is 9.80 Å². The fourth-order valence-corrected chi connectivity index (χ4v) is 6.41. The summed E-state index contributed by atoms with van der Waals surface area (Å²) in [6.45, 7) is 8.41. The summed E-state index contributed by atoms with van der Waals surface area (Å²) in [6.07, 6.45) is 5.15. The lowest BCUT2D eigenvalue weighted by Gasteiger charge is -2.39. The summed E-state index contributed by atoms with van der Waals surface area (Å²) >= 11 is 0. The molecule has 1 N–H and O–H groups in total. The Labute approximate surface area is 213 Å². The Bertz CT molecular complexity index is 968. The molecular weight excluding hydrogens is 460 g/mol. The average Bonchev–Trinajstić information content (AvgIpc) is 3.52. The number of unbranched alkanes of at least 4 members (excludes halogenated alkanes) is 2. The third-order valence-electron chi connectivity index (χ3n) is 7.92. The van der Waals surface area contributed by atoms with Gasteiger partial charge in [0.05, 0.1) is 37.2 Å². The van der Waals surface area contributed by atoms with Crippen molar-refractivity contribution in [1.29, 1.82) is 0 Å². The molecule has 3 aliphatic heterocycles. The molecule has 1 aromatic carbocycles. The molecule has 2 amide bonds. The Hall–Kier alpha value is -2.71. The Morgan fingerprint density at radius 2 is 2.06 bits per heavy atom. The van der Waals surface area contributed by atoms with Crippen molar-refractivity contribution in [3.05, 3.63) is 48.6 Å². The summed E-state index contributed by atoms with van der Waals surface area (Å²) in [5, 5.41) is 10.5. The number of carbonyl (C=O) groups is 3. The second-order valence-electron chi connectivity index (χ2n) is 9.94. The zero-order valence-electron chi connectivity index (χ0n) is 21.3. The highest BCUT2D eigenvalue weighted by molar-refractivity contribution is 5.98. The standard InChI is InChI=1S/C28H38N2O6/c1-4-7-11-17-29(16-5-2)26(33)24-28-15-14-21(36-28)22(27(34)35-6-3)23(28)25(32)30(24)20(18-31)19-12-9-8-10-13-19/h5,8-10,12-13,20-24,31H,2,4,6-7,11,14-18H2,1,3H3/t20-,21+,22-,23-,24+,28-/m1/s1. The molecule has 0 saturated carbocycles. The largest absolute Gasteiger partial charge is 0.466 e. The third-order valence-corrected chi connectivity index (χ3v) is 7.92. The van der Waals surface area contributed by atoms with Gasteiger partial charge in [-0.1, -0.05) is 56.2 Å². The minimum atomic E-state index is -1.12. The molecule has 3 aliphatic rings. The molecule has 1 aromatic rings. The number of hydrogen-bond donors (Lipinski definition) is 1. The first-order valence-corrected chi connectivity index (χ1v) is 13.2. The van der Waals surface area contributed by atoms with Crippen LogP contribution in [0.15, 0.2) is 43.0 Å². The zero-order chi connectivity index (χ0) is 25.9. The fraction of sp³-hybridized carbons (Fsp3) is 0.607. The zero-order valence-corrected chi connectivity index (χ0v) is 21.3. The van der Waals surface area contributed by atoms with Gasteiger partial charge in [-0.05, 0) is 31.7 Å². The number of likely N-dealkylation sites (tertiary alicyclic amines) is 1. The number of aliphatic hydroxyl groups excluding tert-OH is 1. The first kappa shape index (κ1) is 26.4. The van der Waals surface area contributed by atoms with Gasteiger partial charge < -0.3 is 24.4 Å². The van der Waals surface area contributed by atoms with Crippen LogP contribution in [0.25, 0.3) is 0 Å². The van der Waals surface area contributed by atoms with E-state index in [0.29, 0.717) is 25.9 Å². The summed E-state index contributed by atoms with van der Waals surface area (Å²) in [6, 6.07) is 7.54. The highest BCUT2D eigenvalue weighted by Crippen LogP contribution is 2.60. The normalized spacial score (nSPS) is 29.2. The molecule has 3 fully saturated rings. The van der Waals surface area contributed by atoms with Crippen LogP contribution in [0.4, 0.5) is 0 Å². The number of fused-ring (bicyclic) bond motifs is 1. The van der Waals surface area contributed by atoms with Gasteiger partial charge in [-0.2, -0.15) is 0 Å². The molecular formula is C28H38N2O6. The van der Waals surface area contributed by atoms with Crippen LogP contribution in [0, 0.1) is 11.8 Å². The second kappa shape index (κ2) is 11.1. The molecule has 4 rings (SSSR count). The van der Waals surface area contributed by atoms with E-state index in [2.05, 4.69) is 13.5 Å². The number of amides is 2. The van der Waals surface area contributed by atoms with Gasteiger partial charge >= 0.3 is 5.97 Å². The van der Waals surface area contributed by atoms with Crippen molar-refractivity contribution in [3.8, 4) is 0 Å². The van der Waals surface area contributed by atoms with Crippen LogP contribution >= 0.6 is 0 Å². The molecule has 196 valence electrons. The fourth-order valence-electron chi connectivity index (χ4n) is 6.41. The first-order valence-electron chi connectivity index (χ1n) is 13.2. The monoisotopic (exact) mass is 498 g/mol. The van der Waals surface area contributed by atoms with Crippen LogP contribution in [-0.2, 0) is 23.9 Å². The quantitative estimate of drug-likeness (QED) is 0.270. The number of carbonyl (C=O) groups excluding carboxylic acids is 3. The first-order chi connectivity index (χ1) is 17.4. The van der Waals surface area contributed by atoms with E-state index in [1.54, 1.807) is 17.9 Å². The molecule has 6 atom stereocenters. The Kier molecular flexibility index (Phi) is 8.15. The SMILES string of the molecule is C=CCN(CCCCC)C(=O)[C@@H]1N([C@H](CO)c2ccccc2)C(=O)[C@H]2[C@H](C(=O)OCC)[C@@H]3CC[C@]12O3. The summed E-state index contributed by atoms with van der Waals surface area (Å²) in [7, 11) is 0. The highest BCUT2D eigenvalue weighted by atomic mass is 16.6. The predicted octanol–water partition coefficient (Wildman–Crippen LogP) is 2.86. The molecule has 0 unspecified atom stereocenters. The van der Waals surface area contributed by atoms with E-state index in [-0.39, 0.29) is 25.0 Å². The number of hydrogen-bond acceptors (Lipinski definition) is 6. The van der Waals surface area contributed by atoms with Crippen LogP contribution < -0.4 is 0 Å². The summed E-state index contributed by atoms with van der Waals surface area (Å²) in [4.78, 5) is 44.7. The van der Waals surface area contributed by atoms with Crippen LogP contribution in [0.3, 0.4) is 0 Å². The number of aliphatic hydroxyl groups is 1. The van der Waals surface area contributed by atoms with E-state index in [0.717, 1.165) is 24.8 Å². The molecule has 0 aromatic heterocycles. The topological polar surface area (TPSA) is 96.4 Å². The Balaban J connectivity index is 1.78. The number of benzene rings is 1. The van der Waals surface area contributed by atoms with E-state index in [9.17, 15) is 19.5 Å². The average molecular weight is 499 g/mol. The van der Waals surface area contributed by atoms with Crippen molar-refractivity contribution in [2.45, 2.75) is 69.7 Å². The lowest BCUT2D eigenvalue weighted by Crippen LogP contribution is -2.57. The van der Waals surface area contributed by atoms with Crippen molar-refractivity contribution in [2.75, 3.05) is 26.3 Å². The minimum Gasteiger partial charge on any atom is -0.466 e. The number of esters is 1. The van der Waals surface area contributed by atoms with Gasteiger partial charge in [0, 0.05) is 13.1 Å². The molecule has 3 saturated heterocycles. The summed E-state index contributed by atoms with van der Waals surface area (Å²) < 4.78 is 11.8. The molecule has 8 heteroatoms. The van der Waals surface area contributed by atoms with Crippen molar-refractivity contribution in [2.24, 2.45) is 11.8 Å². The smallest absolute Gasteiger partial charge is 0.312 e. The molecule has 1 spiro atoms. The maximum absolute atomic E-state index is 14.3. The molecule has 36 heavy (non-hydrogen) atoms. The van der Waals surface area contributed by atoms with Gasteiger partial charge in [0.1, 0.15) is 11.6 Å². The number of ether oxygens (including phenoxy) is 2. The van der Waals surface area contributed by atoms with Gasteiger partial charge in [0.2, 0.25) is 11.8 Å². The van der Waals surface area contributed by atoms with Crippen LogP contribution in [0.2, 0.25) is 0 Å². The summed E-state index contributed by atoms with van der Waals surface area (Å²) in [5.41, 5.74) is -0.395. The van der Waals surface area contributed by atoms with Crippen molar-refractivity contribution < 1.29 is 29.0 Å². The van der Waals surface area contributed by atoms with Gasteiger partial charge in [-0.3, -0.25) is 14.4 Å². The molecule has 0 aliphatic carbocycles. The van der Waals surface area contributed by atoms with E-state index in [1.165, 1.54) is 4.90 Å². The molecule has 8 nitrogen and oxygen atoms in total. The summed E-state index contributed by atoms with van der Waals surface area (Å²) in [5.74, 6) is -2.58. The van der Waals surface area contributed by atoms with Gasteiger partial charge in [-0.15, -0.1) is 6.58 Å². The van der Waals surface area contributed by atoms with Gasteiger partial charge in [-0.25, -0.2) is 0 Å². The predicted molar refractivity (Wildman–Crippen MR) is 134 cm³/mol. The van der Waals surface area contributed by atoms with Crippen LogP contribution in [-0.4, -0.2) is 76.7 Å². The van der Waals surface area contributed by atoms with Crippen molar-refractivity contribution in [3.63, 3.8) is 0 Å². The third kappa shape index (κ3) is 4.34. The maximum atomic E-state index is 14.3. The van der Waals surface area contributed by atoms with E-state index >= 15 is 0 Å².